The third-order valence-electron chi connectivity index (χ3n) is 6.45. The van der Waals surface area contributed by atoms with Crippen LogP contribution in [0.4, 0.5) is 4.39 Å². The first-order chi connectivity index (χ1) is 15.8. The Balaban J connectivity index is 1.83. The van der Waals surface area contributed by atoms with Crippen LogP contribution in [0.5, 0.6) is 0 Å². The second-order valence-corrected chi connectivity index (χ2v) is 8.38. The van der Waals surface area contributed by atoms with Crippen molar-refractivity contribution in [2.75, 3.05) is 6.54 Å². The van der Waals surface area contributed by atoms with Crippen LogP contribution in [0.1, 0.15) is 47.6 Å². The number of aliphatic hydroxyl groups is 1. The molecule has 0 unspecified atom stereocenters. The summed E-state index contributed by atoms with van der Waals surface area (Å²) in [6.07, 6.45) is 0.545. The highest BCUT2D eigenvalue weighted by Gasteiger charge is 2.45. The van der Waals surface area contributed by atoms with Gasteiger partial charge in [-0.15, -0.1) is 0 Å². The molecule has 2 aliphatic rings. The average Bonchev–Trinajstić information content (AvgIpc) is 3.16. The van der Waals surface area contributed by atoms with Gasteiger partial charge >= 0.3 is 5.97 Å². The van der Waals surface area contributed by atoms with E-state index >= 15 is 0 Å². The summed E-state index contributed by atoms with van der Waals surface area (Å²) < 4.78 is 21.0. The molecular formula is C25H22FN3O4. The Labute approximate surface area is 189 Å². The number of fused-ring (bicyclic) bond motifs is 5. The molecular weight excluding hydrogens is 425 g/mol. The first-order valence-electron chi connectivity index (χ1n) is 10.8. The fourth-order valence-electron chi connectivity index (χ4n) is 4.58. The first-order valence-corrected chi connectivity index (χ1v) is 10.8. The lowest BCUT2D eigenvalue weighted by molar-refractivity contribution is -0.172. The van der Waals surface area contributed by atoms with Gasteiger partial charge in [-0.25, -0.2) is 14.2 Å². The standard InChI is InChI=1S/C25H22FN3O4/c1-3-25(32)18-9-21-22-16(11-29(21)23(30)17(18)12-33-24(25)31)14(6-4-5-7-27)15-8-13(2)19(26)10-20(15)28-22/h8-10,32H,3,5,7,11-12,27H2,1-2H3/t25-/m0/s1. The number of hydrogen-bond acceptors (Lipinski definition) is 6. The lowest BCUT2D eigenvalue weighted by Crippen LogP contribution is -2.44. The van der Waals surface area contributed by atoms with E-state index < -0.39 is 11.6 Å². The van der Waals surface area contributed by atoms with Crippen molar-refractivity contribution in [3.63, 3.8) is 0 Å². The number of nitrogens with zero attached hydrogens (tertiary/aromatic N) is 2. The van der Waals surface area contributed by atoms with Crippen molar-refractivity contribution >= 4 is 16.9 Å². The summed E-state index contributed by atoms with van der Waals surface area (Å²) >= 11 is 0. The number of halogens is 1. The van der Waals surface area contributed by atoms with Crippen molar-refractivity contribution in [3.8, 4) is 23.2 Å². The fourth-order valence-corrected chi connectivity index (χ4v) is 4.58. The first kappa shape index (κ1) is 21.3. The van der Waals surface area contributed by atoms with Crippen LogP contribution in [0.15, 0.2) is 23.0 Å². The van der Waals surface area contributed by atoms with E-state index in [1.54, 1.807) is 30.5 Å². The molecule has 1 aromatic carbocycles. The molecule has 0 fully saturated rings. The number of hydrogen-bond donors (Lipinski definition) is 2. The highest BCUT2D eigenvalue weighted by atomic mass is 19.1. The van der Waals surface area contributed by atoms with Crippen LogP contribution >= 0.6 is 0 Å². The number of nitrogens with two attached hydrogens (primary N) is 1. The zero-order valence-corrected chi connectivity index (χ0v) is 18.3. The SMILES string of the molecule is CC[C@@]1(O)C(=O)OCc2c1cc1n(c2=O)Cc2c-1nc1cc(F)c(C)cc1c2C#CCCN. The number of aromatic nitrogens is 2. The lowest BCUT2D eigenvalue weighted by Gasteiger charge is -2.31. The van der Waals surface area contributed by atoms with Gasteiger partial charge in [-0.2, -0.15) is 0 Å². The summed E-state index contributed by atoms with van der Waals surface area (Å²) in [5.74, 6) is 5.03. The van der Waals surface area contributed by atoms with Crippen LogP contribution in [0.2, 0.25) is 0 Å². The molecule has 1 atom stereocenters. The minimum absolute atomic E-state index is 0.0556. The third kappa shape index (κ3) is 3.00. The van der Waals surface area contributed by atoms with Crippen LogP contribution in [-0.2, 0) is 28.3 Å². The van der Waals surface area contributed by atoms with E-state index in [4.69, 9.17) is 10.5 Å². The minimum Gasteiger partial charge on any atom is -0.458 e. The van der Waals surface area contributed by atoms with Gasteiger partial charge in [0.25, 0.3) is 5.56 Å². The average molecular weight is 447 g/mol. The summed E-state index contributed by atoms with van der Waals surface area (Å²) in [5.41, 5.74) is 7.06. The molecule has 0 radical (unpaired) electrons. The monoisotopic (exact) mass is 447 g/mol. The van der Waals surface area contributed by atoms with Gasteiger partial charge in [-0.3, -0.25) is 4.79 Å². The molecule has 33 heavy (non-hydrogen) atoms. The molecule has 0 saturated heterocycles. The van der Waals surface area contributed by atoms with Gasteiger partial charge < -0.3 is 20.1 Å². The van der Waals surface area contributed by atoms with E-state index in [1.807, 2.05) is 0 Å². The molecule has 0 spiro atoms. The number of ether oxygens (including phenoxy) is 1. The Morgan fingerprint density at radius 1 is 1.30 bits per heavy atom. The van der Waals surface area contributed by atoms with Gasteiger partial charge in [-0.1, -0.05) is 18.8 Å². The second kappa shape index (κ2) is 7.51. The minimum atomic E-state index is -1.91. The van der Waals surface area contributed by atoms with Crippen molar-refractivity contribution in [3.05, 3.63) is 62.2 Å². The quantitative estimate of drug-likeness (QED) is 0.361. The molecule has 2 aliphatic heterocycles. The van der Waals surface area contributed by atoms with E-state index in [0.717, 1.165) is 5.56 Å². The number of carbonyl (C=O) groups is 1. The van der Waals surface area contributed by atoms with Gasteiger partial charge in [0.2, 0.25) is 0 Å². The van der Waals surface area contributed by atoms with E-state index in [0.29, 0.717) is 46.4 Å². The van der Waals surface area contributed by atoms with Crippen LogP contribution in [0.25, 0.3) is 22.3 Å². The number of benzene rings is 1. The van der Waals surface area contributed by atoms with Crippen molar-refractivity contribution in [2.24, 2.45) is 5.73 Å². The summed E-state index contributed by atoms with van der Waals surface area (Å²) in [4.78, 5) is 30.4. The van der Waals surface area contributed by atoms with Gasteiger partial charge in [0.05, 0.1) is 29.0 Å². The van der Waals surface area contributed by atoms with Crippen molar-refractivity contribution < 1.29 is 19.0 Å². The lowest BCUT2D eigenvalue weighted by atomic mass is 9.86. The van der Waals surface area contributed by atoms with Crippen molar-refractivity contribution in [1.82, 2.24) is 9.55 Å². The maximum Gasteiger partial charge on any atom is 0.343 e. The Bertz CT molecular complexity index is 1480. The highest BCUT2D eigenvalue weighted by molar-refractivity contribution is 5.92. The summed E-state index contributed by atoms with van der Waals surface area (Å²) in [7, 11) is 0. The maximum absolute atomic E-state index is 14.4. The number of aryl methyl sites for hydroxylation is 1. The maximum atomic E-state index is 14.4. The van der Waals surface area contributed by atoms with E-state index in [2.05, 4.69) is 16.8 Å². The predicted octanol–water partition coefficient (Wildman–Crippen LogP) is 2.23. The Kier molecular flexibility index (Phi) is 4.85. The Hall–Kier alpha value is -3.54. The van der Waals surface area contributed by atoms with Crippen molar-refractivity contribution in [2.45, 2.75) is 45.4 Å². The molecule has 0 amide bonds. The van der Waals surface area contributed by atoms with Gasteiger partial charge in [0.15, 0.2) is 5.60 Å². The molecule has 2 aromatic heterocycles. The molecule has 3 aromatic rings. The Morgan fingerprint density at radius 3 is 2.82 bits per heavy atom. The number of cyclic esters (lactones) is 1. The van der Waals surface area contributed by atoms with Gasteiger partial charge in [0, 0.05) is 41.1 Å². The number of esters is 1. The number of carbonyl (C=O) groups excluding carboxylic acids is 1. The predicted molar refractivity (Wildman–Crippen MR) is 120 cm³/mol. The molecule has 0 aliphatic carbocycles. The van der Waals surface area contributed by atoms with E-state index in [9.17, 15) is 19.1 Å². The van der Waals surface area contributed by atoms with Crippen LogP contribution in [-0.4, -0.2) is 27.2 Å². The zero-order chi connectivity index (χ0) is 23.5. The third-order valence-corrected chi connectivity index (χ3v) is 6.45. The topological polar surface area (TPSA) is 107 Å². The molecule has 7 nitrogen and oxygen atoms in total. The summed E-state index contributed by atoms with van der Waals surface area (Å²) in [6, 6.07) is 4.70. The molecule has 8 heteroatoms. The zero-order valence-electron chi connectivity index (χ0n) is 18.3. The largest absolute Gasteiger partial charge is 0.458 e. The molecule has 5 rings (SSSR count). The van der Waals surface area contributed by atoms with E-state index in [-0.39, 0.29) is 42.1 Å². The number of pyridine rings is 2. The van der Waals surface area contributed by atoms with E-state index in [1.165, 1.54) is 6.07 Å². The van der Waals surface area contributed by atoms with Crippen LogP contribution in [0.3, 0.4) is 0 Å². The van der Waals surface area contributed by atoms with Gasteiger partial charge in [-0.05, 0) is 31.0 Å². The van der Waals surface area contributed by atoms with Crippen LogP contribution < -0.4 is 11.3 Å². The van der Waals surface area contributed by atoms with Gasteiger partial charge in [0.1, 0.15) is 12.4 Å². The molecule has 3 N–H and O–H groups in total. The van der Waals surface area contributed by atoms with Crippen LogP contribution in [0, 0.1) is 24.6 Å². The highest BCUT2D eigenvalue weighted by Crippen LogP contribution is 2.40. The summed E-state index contributed by atoms with van der Waals surface area (Å²) in [6.45, 7) is 3.75. The summed E-state index contributed by atoms with van der Waals surface area (Å²) in [5, 5.41) is 11.7. The Morgan fingerprint density at radius 2 is 2.09 bits per heavy atom. The molecule has 0 saturated carbocycles. The second-order valence-electron chi connectivity index (χ2n) is 8.38. The molecule has 168 valence electrons. The smallest absolute Gasteiger partial charge is 0.343 e. The molecule has 4 heterocycles. The number of rotatable bonds is 2. The normalized spacial score (nSPS) is 18.3. The van der Waals surface area contributed by atoms with Crippen molar-refractivity contribution in [1.29, 1.82) is 0 Å². The molecule has 0 bridgehead atoms. The fraction of sp³-hybridized carbons (Fsp3) is 0.320.